The highest BCUT2D eigenvalue weighted by Crippen LogP contribution is 2.28. The van der Waals surface area contributed by atoms with E-state index in [9.17, 15) is 0 Å². The minimum Gasteiger partial charge on any atom is -0.495 e. The molecule has 0 saturated carbocycles. The summed E-state index contributed by atoms with van der Waals surface area (Å²) in [6, 6.07) is 16.4. The van der Waals surface area contributed by atoms with E-state index in [1.165, 1.54) is 16.3 Å². The number of nitrogens with two attached hydrogens (primary N) is 1. The van der Waals surface area contributed by atoms with Gasteiger partial charge in [-0.25, -0.2) is 5.84 Å². The molecule has 2 aromatic carbocycles. The third kappa shape index (κ3) is 7.15. The number of benzene rings is 2. The van der Waals surface area contributed by atoms with Crippen molar-refractivity contribution in [3.8, 4) is 11.5 Å². The summed E-state index contributed by atoms with van der Waals surface area (Å²) in [5.41, 5.74) is 2.39. The predicted molar refractivity (Wildman–Crippen MR) is 126 cm³/mol. The van der Waals surface area contributed by atoms with E-state index in [1.807, 2.05) is 24.3 Å². The van der Waals surface area contributed by atoms with Gasteiger partial charge in [0.25, 0.3) is 0 Å². The monoisotopic (exact) mass is 425 g/mol. The van der Waals surface area contributed by atoms with Crippen molar-refractivity contribution >= 4 is 12.0 Å². The molecule has 2 aromatic rings. The zero-order valence-electron chi connectivity index (χ0n) is 18.5. The zero-order chi connectivity index (χ0) is 21.9. The molecular weight excluding hydrogens is 390 g/mol. The van der Waals surface area contributed by atoms with Crippen LogP contribution in [0.25, 0.3) is 0 Å². The van der Waals surface area contributed by atoms with Crippen LogP contribution in [0.3, 0.4) is 0 Å². The summed E-state index contributed by atoms with van der Waals surface area (Å²) in [5, 5.41) is 8.47. The van der Waals surface area contributed by atoms with Crippen LogP contribution in [0.1, 0.15) is 18.4 Å². The van der Waals surface area contributed by atoms with E-state index in [-0.39, 0.29) is 0 Å². The molecule has 0 aliphatic carbocycles. The SMILES string of the molecule is COc1ccccc1N1CCN(CCCCOc2ccc(CCN(N)C=N)cc2)CC1. The number of nitrogens with zero attached hydrogens (tertiary/aromatic N) is 3. The van der Waals surface area contributed by atoms with Gasteiger partial charge in [0.1, 0.15) is 11.5 Å². The number of ether oxygens (including phenoxy) is 2. The number of methoxy groups -OCH3 is 1. The average Bonchev–Trinajstić information content (AvgIpc) is 2.83. The molecule has 0 spiro atoms. The lowest BCUT2D eigenvalue weighted by Crippen LogP contribution is -2.46. The van der Waals surface area contributed by atoms with Crippen molar-refractivity contribution < 1.29 is 9.47 Å². The van der Waals surface area contributed by atoms with Gasteiger partial charge in [-0.1, -0.05) is 24.3 Å². The molecule has 1 saturated heterocycles. The number of nitrogens with one attached hydrogen (secondary N) is 1. The van der Waals surface area contributed by atoms with Crippen molar-refractivity contribution in [1.82, 2.24) is 9.91 Å². The Bertz CT molecular complexity index is 791. The van der Waals surface area contributed by atoms with E-state index < -0.39 is 0 Å². The van der Waals surface area contributed by atoms with Crippen LogP contribution in [0, 0.1) is 5.41 Å². The van der Waals surface area contributed by atoms with E-state index in [0.29, 0.717) is 6.54 Å². The standard InChI is InChI=1S/C24H35N5O2/c1-30-24-7-3-2-6-23(24)28-17-15-27(16-18-28)13-4-5-19-31-22-10-8-21(9-11-22)12-14-29(26)20-25/h2-3,6-11,20,25H,4-5,12-19,26H2,1H3. The molecule has 7 heteroatoms. The number of para-hydroxylation sites is 2. The van der Waals surface area contributed by atoms with Crippen LogP contribution in [-0.2, 0) is 6.42 Å². The van der Waals surface area contributed by atoms with Crippen LogP contribution in [0.5, 0.6) is 11.5 Å². The lowest BCUT2D eigenvalue weighted by molar-refractivity contribution is 0.238. The zero-order valence-corrected chi connectivity index (χ0v) is 18.5. The Hall–Kier alpha value is -2.77. The average molecular weight is 426 g/mol. The summed E-state index contributed by atoms with van der Waals surface area (Å²) in [6.07, 6.45) is 4.15. The smallest absolute Gasteiger partial charge is 0.142 e. The molecule has 3 N–H and O–H groups in total. The maximum Gasteiger partial charge on any atom is 0.142 e. The van der Waals surface area contributed by atoms with E-state index in [1.54, 1.807) is 7.11 Å². The number of hydrogen-bond acceptors (Lipinski definition) is 6. The fourth-order valence-corrected chi connectivity index (χ4v) is 3.81. The fourth-order valence-electron chi connectivity index (χ4n) is 3.81. The molecule has 0 bridgehead atoms. The third-order valence-corrected chi connectivity index (χ3v) is 5.68. The van der Waals surface area contributed by atoms with Crippen LogP contribution in [0.2, 0.25) is 0 Å². The summed E-state index contributed by atoms with van der Waals surface area (Å²) in [7, 11) is 1.74. The van der Waals surface area contributed by atoms with Gasteiger partial charge in [0.2, 0.25) is 0 Å². The third-order valence-electron chi connectivity index (χ3n) is 5.68. The molecule has 0 radical (unpaired) electrons. The van der Waals surface area contributed by atoms with E-state index >= 15 is 0 Å². The van der Waals surface area contributed by atoms with Crippen LogP contribution >= 0.6 is 0 Å². The molecule has 0 unspecified atom stereocenters. The number of hydrazine groups is 1. The van der Waals surface area contributed by atoms with Crippen molar-refractivity contribution in [3.63, 3.8) is 0 Å². The molecule has 1 fully saturated rings. The first-order valence-corrected chi connectivity index (χ1v) is 11.0. The van der Waals surface area contributed by atoms with Crippen LogP contribution < -0.4 is 20.2 Å². The Morgan fingerprint density at radius 3 is 2.48 bits per heavy atom. The number of rotatable bonds is 12. The van der Waals surface area contributed by atoms with Gasteiger partial charge in [0, 0.05) is 32.7 Å². The lowest BCUT2D eigenvalue weighted by Gasteiger charge is -2.36. The Kier molecular flexibility index (Phi) is 8.99. The van der Waals surface area contributed by atoms with Gasteiger partial charge in [-0.3, -0.25) is 10.3 Å². The predicted octanol–water partition coefficient (Wildman–Crippen LogP) is 3.00. The second kappa shape index (κ2) is 12.2. The molecule has 31 heavy (non-hydrogen) atoms. The first-order chi connectivity index (χ1) is 15.2. The van der Waals surface area contributed by atoms with Crippen molar-refractivity contribution in [3.05, 3.63) is 54.1 Å². The van der Waals surface area contributed by atoms with Gasteiger partial charge in [-0.2, -0.15) is 0 Å². The molecule has 7 nitrogen and oxygen atoms in total. The van der Waals surface area contributed by atoms with E-state index in [0.717, 1.165) is 76.4 Å². The molecular formula is C24H35N5O2. The second-order valence-corrected chi connectivity index (χ2v) is 7.82. The maximum atomic E-state index is 7.09. The number of unbranched alkanes of at least 4 members (excludes halogenated alkanes) is 1. The summed E-state index contributed by atoms with van der Waals surface area (Å²) in [4.78, 5) is 4.95. The van der Waals surface area contributed by atoms with Crippen molar-refractivity contribution in [2.75, 3.05) is 57.9 Å². The van der Waals surface area contributed by atoms with Gasteiger partial charge in [0.15, 0.2) is 0 Å². The van der Waals surface area contributed by atoms with Crippen molar-refractivity contribution in [2.45, 2.75) is 19.3 Å². The molecule has 1 heterocycles. The maximum absolute atomic E-state index is 7.09. The summed E-state index contributed by atoms with van der Waals surface area (Å²) < 4.78 is 11.4. The molecule has 168 valence electrons. The highest BCUT2D eigenvalue weighted by Gasteiger charge is 2.19. The molecule has 1 aliphatic rings. The Balaban J connectivity index is 1.29. The number of piperazine rings is 1. The highest BCUT2D eigenvalue weighted by molar-refractivity contribution is 5.58. The minimum absolute atomic E-state index is 0.636. The quantitative estimate of drug-likeness (QED) is 0.179. The minimum atomic E-state index is 0.636. The normalized spacial score (nSPS) is 14.3. The molecule has 0 aromatic heterocycles. The fraction of sp³-hybridized carbons (Fsp3) is 0.458. The lowest BCUT2D eigenvalue weighted by atomic mass is 10.1. The van der Waals surface area contributed by atoms with Gasteiger partial charge < -0.3 is 19.4 Å². The Morgan fingerprint density at radius 1 is 1.03 bits per heavy atom. The first-order valence-electron chi connectivity index (χ1n) is 11.0. The molecule has 0 amide bonds. The van der Waals surface area contributed by atoms with Gasteiger partial charge in [-0.15, -0.1) is 0 Å². The number of anilines is 1. The number of hydrogen-bond donors (Lipinski definition) is 2. The van der Waals surface area contributed by atoms with Gasteiger partial charge in [0.05, 0.1) is 25.7 Å². The highest BCUT2D eigenvalue weighted by atomic mass is 16.5. The topological polar surface area (TPSA) is 78.1 Å². The van der Waals surface area contributed by atoms with Crippen LogP contribution in [0.4, 0.5) is 5.69 Å². The summed E-state index contributed by atoms with van der Waals surface area (Å²) in [6.45, 7) is 6.72. The van der Waals surface area contributed by atoms with Gasteiger partial charge >= 0.3 is 0 Å². The molecule has 1 aliphatic heterocycles. The second-order valence-electron chi connectivity index (χ2n) is 7.82. The van der Waals surface area contributed by atoms with Gasteiger partial charge in [-0.05, 0) is 55.6 Å². The van der Waals surface area contributed by atoms with E-state index in [4.69, 9.17) is 20.7 Å². The van der Waals surface area contributed by atoms with Crippen molar-refractivity contribution in [2.24, 2.45) is 5.84 Å². The van der Waals surface area contributed by atoms with E-state index in [2.05, 4.69) is 34.1 Å². The Morgan fingerprint density at radius 2 is 1.77 bits per heavy atom. The first kappa shape index (κ1) is 22.9. The van der Waals surface area contributed by atoms with Crippen LogP contribution in [0.15, 0.2) is 48.5 Å². The molecule has 0 atom stereocenters. The molecule has 3 rings (SSSR count). The van der Waals surface area contributed by atoms with Crippen molar-refractivity contribution in [1.29, 1.82) is 5.41 Å². The summed E-state index contributed by atoms with van der Waals surface area (Å²) >= 11 is 0. The largest absolute Gasteiger partial charge is 0.495 e. The summed E-state index contributed by atoms with van der Waals surface area (Å²) in [5.74, 6) is 7.46. The Labute approximate surface area is 185 Å². The van der Waals surface area contributed by atoms with Crippen LogP contribution in [-0.4, -0.2) is 69.2 Å².